The molecule has 4 rings (SSSR count). The van der Waals surface area contributed by atoms with Gasteiger partial charge in [-0.05, 0) is 25.0 Å². The molecule has 1 aliphatic carbocycles. The van der Waals surface area contributed by atoms with Crippen molar-refractivity contribution in [3.8, 4) is 0 Å². The van der Waals surface area contributed by atoms with Gasteiger partial charge >= 0.3 is 0 Å². The molecular weight excluding hydrogens is 334 g/mol. The SMILES string of the molecule is CN1C(=O)C2(CCC3(CC2)OCCO3)c2c(Br)cccc21. The third kappa shape index (κ3) is 1.77. The summed E-state index contributed by atoms with van der Waals surface area (Å²) in [6.45, 7) is 1.34. The predicted molar refractivity (Wildman–Crippen MR) is 82.3 cm³/mol. The quantitative estimate of drug-likeness (QED) is 0.721. The fourth-order valence-electron chi connectivity index (χ4n) is 4.11. The summed E-state index contributed by atoms with van der Waals surface area (Å²) >= 11 is 3.65. The molecule has 0 radical (unpaired) electrons. The van der Waals surface area contributed by atoms with E-state index >= 15 is 0 Å². The van der Waals surface area contributed by atoms with Crippen LogP contribution in [-0.4, -0.2) is 32.0 Å². The summed E-state index contributed by atoms with van der Waals surface area (Å²) < 4.78 is 12.6. The van der Waals surface area contributed by atoms with Gasteiger partial charge in [-0.2, -0.15) is 0 Å². The standard InChI is InChI=1S/C16H18BrNO3/c1-18-12-4-2-3-11(17)13(12)15(14(18)19)5-7-16(8-6-15)20-9-10-21-16/h2-4H,5-10H2,1H3. The Kier molecular flexibility index (Phi) is 2.97. The Morgan fingerprint density at radius 1 is 1.14 bits per heavy atom. The van der Waals surface area contributed by atoms with Crippen LogP contribution in [0.1, 0.15) is 31.2 Å². The molecule has 0 atom stereocenters. The van der Waals surface area contributed by atoms with Crippen LogP contribution in [0.3, 0.4) is 0 Å². The lowest BCUT2D eigenvalue weighted by Gasteiger charge is -2.40. The van der Waals surface area contributed by atoms with E-state index in [1.54, 1.807) is 4.90 Å². The fourth-order valence-corrected chi connectivity index (χ4v) is 4.85. The average Bonchev–Trinajstić information content (AvgIpc) is 3.02. The maximum atomic E-state index is 12.9. The Balaban J connectivity index is 1.75. The number of hydrogen-bond donors (Lipinski definition) is 0. The minimum Gasteiger partial charge on any atom is -0.348 e. The zero-order valence-electron chi connectivity index (χ0n) is 12.0. The molecule has 0 unspecified atom stereocenters. The van der Waals surface area contributed by atoms with Gasteiger partial charge in [-0.1, -0.05) is 22.0 Å². The van der Waals surface area contributed by atoms with Gasteiger partial charge in [0.25, 0.3) is 0 Å². The van der Waals surface area contributed by atoms with Crippen LogP contribution >= 0.6 is 15.9 Å². The van der Waals surface area contributed by atoms with Crippen molar-refractivity contribution < 1.29 is 14.3 Å². The van der Waals surface area contributed by atoms with Gasteiger partial charge in [-0.15, -0.1) is 0 Å². The molecule has 0 bridgehead atoms. The zero-order valence-corrected chi connectivity index (χ0v) is 13.6. The van der Waals surface area contributed by atoms with E-state index in [-0.39, 0.29) is 5.91 Å². The van der Waals surface area contributed by atoms with E-state index in [0.29, 0.717) is 13.2 Å². The molecule has 1 saturated carbocycles. The van der Waals surface area contributed by atoms with E-state index in [4.69, 9.17) is 9.47 Å². The van der Waals surface area contributed by atoms with Crippen LogP contribution < -0.4 is 4.90 Å². The van der Waals surface area contributed by atoms with Crippen LogP contribution in [0, 0.1) is 0 Å². The maximum absolute atomic E-state index is 12.9. The van der Waals surface area contributed by atoms with Crippen molar-refractivity contribution in [3.05, 3.63) is 28.2 Å². The number of halogens is 1. The van der Waals surface area contributed by atoms with Crippen molar-refractivity contribution in [2.45, 2.75) is 36.9 Å². The Morgan fingerprint density at radius 2 is 1.81 bits per heavy atom. The second-order valence-corrected chi connectivity index (χ2v) is 7.04. The second kappa shape index (κ2) is 4.54. The minimum absolute atomic E-state index is 0.206. The first-order chi connectivity index (χ1) is 10.1. The number of rotatable bonds is 0. The first-order valence-corrected chi connectivity index (χ1v) is 8.22. The number of amides is 1. The predicted octanol–water partition coefficient (Wildman–Crippen LogP) is 2.98. The number of carbonyl (C=O) groups is 1. The van der Waals surface area contributed by atoms with Crippen molar-refractivity contribution in [1.29, 1.82) is 0 Å². The summed E-state index contributed by atoms with van der Waals surface area (Å²) in [5.74, 6) is -0.231. The number of likely N-dealkylation sites (N-methyl/N-ethyl adjacent to an activating group) is 1. The third-order valence-corrected chi connectivity index (χ3v) is 5.89. The van der Waals surface area contributed by atoms with Gasteiger partial charge in [0.1, 0.15) is 0 Å². The number of benzene rings is 1. The molecule has 2 aliphatic heterocycles. The van der Waals surface area contributed by atoms with Crippen molar-refractivity contribution in [1.82, 2.24) is 0 Å². The smallest absolute Gasteiger partial charge is 0.237 e. The molecule has 3 aliphatic rings. The Hall–Kier alpha value is -0.910. The Labute approximate surface area is 132 Å². The highest BCUT2D eigenvalue weighted by atomic mass is 79.9. The second-order valence-electron chi connectivity index (χ2n) is 6.19. The summed E-state index contributed by atoms with van der Waals surface area (Å²) in [6.07, 6.45) is 3.14. The molecule has 2 spiro atoms. The monoisotopic (exact) mass is 351 g/mol. The maximum Gasteiger partial charge on any atom is 0.237 e. The van der Waals surface area contributed by atoms with Gasteiger partial charge < -0.3 is 14.4 Å². The van der Waals surface area contributed by atoms with Gasteiger partial charge in [-0.3, -0.25) is 4.79 Å². The van der Waals surface area contributed by atoms with E-state index in [9.17, 15) is 4.79 Å². The first kappa shape index (κ1) is 13.7. The summed E-state index contributed by atoms with van der Waals surface area (Å²) in [5.41, 5.74) is 1.76. The number of ether oxygens (including phenoxy) is 2. The molecular formula is C16H18BrNO3. The van der Waals surface area contributed by atoms with Crippen LogP contribution in [0.2, 0.25) is 0 Å². The molecule has 5 heteroatoms. The molecule has 2 fully saturated rings. The largest absolute Gasteiger partial charge is 0.348 e. The third-order valence-electron chi connectivity index (χ3n) is 5.22. The molecule has 1 amide bonds. The highest BCUT2D eigenvalue weighted by Gasteiger charge is 2.56. The van der Waals surface area contributed by atoms with Crippen LogP contribution in [0.15, 0.2) is 22.7 Å². The van der Waals surface area contributed by atoms with Gasteiger partial charge in [0.05, 0.1) is 18.6 Å². The number of anilines is 1. The van der Waals surface area contributed by atoms with E-state index in [2.05, 4.69) is 15.9 Å². The lowest BCUT2D eigenvalue weighted by atomic mass is 9.68. The molecule has 1 aromatic rings. The summed E-state index contributed by atoms with van der Waals surface area (Å²) in [4.78, 5) is 14.7. The van der Waals surface area contributed by atoms with Crippen molar-refractivity contribution in [3.63, 3.8) is 0 Å². The molecule has 0 aromatic heterocycles. The molecule has 1 saturated heterocycles. The first-order valence-electron chi connectivity index (χ1n) is 7.43. The van der Waals surface area contributed by atoms with Gasteiger partial charge in [0, 0.05) is 35.6 Å². The van der Waals surface area contributed by atoms with Crippen molar-refractivity contribution in [2.75, 3.05) is 25.2 Å². The van der Waals surface area contributed by atoms with Crippen molar-refractivity contribution in [2.24, 2.45) is 0 Å². The lowest BCUT2D eigenvalue weighted by molar-refractivity contribution is -0.185. The van der Waals surface area contributed by atoms with E-state index in [0.717, 1.165) is 41.4 Å². The highest BCUT2D eigenvalue weighted by molar-refractivity contribution is 9.10. The van der Waals surface area contributed by atoms with E-state index < -0.39 is 11.2 Å². The summed E-state index contributed by atoms with van der Waals surface area (Å²) in [6, 6.07) is 6.04. The van der Waals surface area contributed by atoms with Gasteiger partial charge in [0.15, 0.2) is 5.79 Å². The molecule has 4 nitrogen and oxygen atoms in total. The van der Waals surface area contributed by atoms with Gasteiger partial charge in [0.2, 0.25) is 5.91 Å². The number of nitrogens with zero attached hydrogens (tertiary/aromatic N) is 1. The van der Waals surface area contributed by atoms with Crippen LogP contribution in [0.25, 0.3) is 0 Å². The van der Waals surface area contributed by atoms with Crippen LogP contribution in [0.5, 0.6) is 0 Å². The van der Waals surface area contributed by atoms with Crippen LogP contribution in [-0.2, 0) is 19.7 Å². The molecule has 21 heavy (non-hydrogen) atoms. The fraction of sp³-hybridized carbons (Fsp3) is 0.562. The van der Waals surface area contributed by atoms with Crippen LogP contribution in [0.4, 0.5) is 5.69 Å². The van der Waals surface area contributed by atoms with Gasteiger partial charge in [-0.25, -0.2) is 0 Å². The Morgan fingerprint density at radius 3 is 2.48 bits per heavy atom. The number of carbonyl (C=O) groups excluding carboxylic acids is 1. The number of fused-ring (bicyclic) bond motifs is 2. The summed E-state index contributed by atoms with van der Waals surface area (Å²) in [5, 5.41) is 0. The van der Waals surface area contributed by atoms with E-state index in [1.165, 1.54) is 0 Å². The molecule has 2 heterocycles. The zero-order chi connectivity index (χ0) is 14.7. The summed E-state index contributed by atoms with van der Waals surface area (Å²) in [7, 11) is 1.87. The average molecular weight is 352 g/mol. The minimum atomic E-state index is -0.436. The van der Waals surface area contributed by atoms with E-state index in [1.807, 2.05) is 25.2 Å². The Bertz CT molecular complexity index is 600. The molecule has 0 N–H and O–H groups in total. The molecule has 1 aromatic carbocycles. The van der Waals surface area contributed by atoms with Crippen molar-refractivity contribution >= 4 is 27.5 Å². The topological polar surface area (TPSA) is 38.8 Å². The highest BCUT2D eigenvalue weighted by Crippen LogP contribution is 2.54. The number of hydrogen-bond acceptors (Lipinski definition) is 3. The lowest BCUT2D eigenvalue weighted by Crippen LogP contribution is -2.47. The normalized spacial score (nSPS) is 25.8. The molecule has 112 valence electrons.